The molecule has 0 aliphatic carbocycles. The SMILES string of the molecule is O=S(=O)(Nc1cccnc1)c1cnc[nH]1. The Kier molecular flexibility index (Phi) is 2.38. The normalized spacial score (nSPS) is 11.2. The van der Waals surface area contributed by atoms with Crippen molar-refractivity contribution in [3.8, 4) is 0 Å². The van der Waals surface area contributed by atoms with E-state index in [0.29, 0.717) is 5.69 Å². The second kappa shape index (κ2) is 3.70. The van der Waals surface area contributed by atoms with Gasteiger partial charge in [0.15, 0.2) is 5.03 Å². The van der Waals surface area contributed by atoms with Crippen LogP contribution in [0.3, 0.4) is 0 Å². The summed E-state index contributed by atoms with van der Waals surface area (Å²) in [5, 5.41) is 0.0198. The largest absolute Gasteiger partial charge is 0.334 e. The van der Waals surface area contributed by atoms with Gasteiger partial charge >= 0.3 is 0 Å². The molecule has 78 valence electrons. The predicted molar refractivity (Wildman–Crippen MR) is 53.6 cm³/mol. The number of rotatable bonds is 3. The zero-order valence-corrected chi connectivity index (χ0v) is 8.40. The number of hydrogen-bond acceptors (Lipinski definition) is 4. The molecule has 2 aromatic heterocycles. The number of sulfonamides is 1. The summed E-state index contributed by atoms with van der Waals surface area (Å²) in [7, 11) is -3.58. The summed E-state index contributed by atoms with van der Waals surface area (Å²) in [6, 6.07) is 3.26. The Labute approximate surface area is 86.4 Å². The van der Waals surface area contributed by atoms with Crippen LogP contribution in [0.2, 0.25) is 0 Å². The van der Waals surface area contributed by atoms with Crippen LogP contribution >= 0.6 is 0 Å². The molecule has 0 bridgehead atoms. The lowest BCUT2D eigenvalue weighted by Gasteiger charge is -2.04. The van der Waals surface area contributed by atoms with Gasteiger partial charge in [0.05, 0.1) is 24.4 Å². The molecule has 0 aliphatic heterocycles. The average molecular weight is 224 g/mol. The molecule has 0 saturated heterocycles. The van der Waals surface area contributed by atoms with E-state index < -0.39 is 10.0 Å². The summed E-state index contributed by atoms with van der Waals surface area (Å²) in [5.74, 6) is 0. The minimum Gasteiger partial charge on any atom is -0.334 e. The Morgan fingerprint density at radius 3 is 2.73 bits per heavy atom. The van der Waals surface area contributed by atoms with Gasteiger partial charge in [-0.1, -0.05) is 0 Å². The molecule has 0 amide bonds. The van der Waals surface area contributed by atoms with E-state index in [1.807, 2.05) is 0 Å². The van der Waals surface area contributed by atoms with Crippen molar-refractivity contribution in [3.63, 3.8) is 0 Å². The number of hydrogen-bond donors (Lipinski definition) is 2. The fourth-order valence-electron chi connectivity index (χ4n) is 1.02. The van der Waals surface area contributed by atoms with Gasteiger partial charge in [0.1, 0.15) is 0 Å². The van der Waals surface area contributed by atoms with Crippen LogP contribution in [0.4, 0.5) is 5.69 Å². The first-order valence-electron chi connectivity index (χ1n) is 4.10. The van der Waals surface area contributed by atoms with Gasteiger partial charge < -0.3 is 4.98 Å². The third-order valence-corrected chi connectivity index (χ3v) is 2.98. The molecule has 2 N–H and O–H groups in total. The van der Waals surface area contributed by atoms with Gasteiger partial charge in [0.2, 0.25) is 0 Å². The molecular weight excluding hydrogens is 216 g/mol. The second-order valence-corrected chi connectivity index (χ2v) is 4.41. The van der Waals surface area contributed by atoms with E-state index in [1.54, 1.807) is 18.3 Å². The average Bonchev–Trinajstić information content (AvgIpc) is 2.71. The maximum absolute atomic E-state index is 11.7. The monoisotopic (exact) mass is 224 g/mol. The molecule has 15 heavy (non-hydrogen) atoms. The highest BCUT2D eigenvalue weighted by Crippen LogP contribution is 2.11. The van der Waals surface area contributed by atoms with Crippen LogP contribution in [0, 0.1) is 0 Å². The highest BCUT2D eigenvalue weighted by atomic mass is 32.2. The minimum absolute atomic E-state index is 0.0198. The first kappa shape index (κ1) is 9.66. The van der Waals surface area contributed by atoms with Crippen molar-refractivity contribution in [1.82, 2.24) is 15.0 Å². The maximum Gasteiger partial charge on any atom is 0.279 e. The van der Waals surface area contributed by atoms with E-state index in [4.69, 9.17) is 0 Å². The number of nitrogens with zero attached hydrogens (tertiary/aromatic N) is 2. The van der Waals surface area contributed by atoms with Crippen LogP contribution in [-0.4, -0.2) is 23.4 Å². The van der Waals surface area contributed by atoms with Gasteiger partial charge in [0.25, 0.3) is 10.0 Å². The molecule has 0 spiro atoms. The fourth-order valence-corrected chi connectivity index (χ4v) is 1.97. The molecule has 0 fully saturated rings. The smallest absolute Gasteiger partial charge is 0.279 e. The maximum atomic E-state index is 11.7. The molecule has 0 saturated carbocycles. The molecule has 2 aromatic rings. The van der Waals surface area contributed by atoms with E-state index in [9.17, 15) is 8.42 Å². The highest BCUT2D eigenvalue weighted by molar-refractivity contribution is 7.92. The number of aromatic nitrogens is 3. The number of anilines is 1. The van der Waals surface area contributed by atoms with E-state index >= 15 is 0 Å². The lowest BCUT2D eigenvalue weighted by molar-refractivity contribution is 0.598. The van der Waals surface area contributed by atoms with E-state index in [2.05, 4.69) is 19.7 Å². The summed E-state index contributed by atoms with van der Waals surface area (Å²) in [6.07, 6.45) is 5.53. The standard InChI is InChI=1S/C8H8N4O2S/c13-15(14,8-5-10-6-11-8)12-7-2-1-3-9-4-7/h1-6,12H,(H,10,11). The molecular formula is C8H8N4O2S. The molecule has 0 aliphatic rings. The summed E-state index contributed by atoms with van der Waals surface area (Å²) in [4.78, 5) is 9.95. The van der Waals surface area contributed by atoms with E-state index in [1.165, 1.54) is 18.7 Å². The number of H-pyrrole nitrogens is 1. The number of pyridine rings is 1. The third-order valence-electron chi connectivity index (χ3n) is 1.68. The van der Waals surface area contributed by atoms with Crippen molar-refractivity contribution < 1.29 is 8.42 Å². The van der Waals surface area contributed by atoms with Crippen LogP contribution in [0.1, 0.15) is 0 Å². The Morgan fingerprint density at radius 1 is 1.27 bits per heavy atom. The first-order valence-corrected chi connectivity index (χ1v) is 5.58. The molecule has 0 atom stereocenters. The Balaban J connectivity index is 2.27. The van der Waals surface area contributed by atoms with Crippen molar-refractivity contribution in [2.24, 2.45) is 0 Å². The summed E-state index contributed by atoms with van der Waals surface area (Å²) in [5.41, 5.74) is 0.409. The molecule has 2 rings (SSSR count). The predicted octanol–water partition coefficient (Wildman–Crippen LogP) is 0.605. The first-order chi connectivity index (χ1) is 7.18. The molecule has 0 aromatic carbocycles. The third kappa shape index (κ3) is 2.13. The highest BCUT2D eigenvalue weighted by Gasteiger charge is 2.14. The van der Waals surface area contributed by atoms with Gasteiger partial charge in [-0.15, -0.1) is 0 Å². The topological polar surface area (TPSA) is 87.7 Å². The van der Waals surface area contributed by atoms with Gasteiger partial charge in [-0.25, -0.2) is 4.98 Å². The van der Waals surface area contributed by atoms with Gasteiger partial charge in [0, 0.05) is 6.20 Å². The van der Waals surface area contributed by atoms with Crippen molar-refractivity contribution in [2.45, 2.75) is 5.03 Å². The van der Waals surface area contributed by atoms with Crippen LogP contribution in [-0.2, 0) is 10.0 Å². The Morgan fingerprint density at radius 2 is 2.13 bits per heavy atom. The minimum atomic E-state index is -3.58. The molecule has 0 radical (unpaired) electrons. The van der Waals surface area contributed by atoms with E-state index in [0.717, 1.165) is 0 Å². The van der Waals surface area contributed by atoms with Crippen LogP contribution in [0.25, 0.3) is 0 Å². The van der Waals surface area contributed by atoms with Crippen molar-refractivity contribution in [3.05, 3.63) is 37.1 Å². The van der Waals surface area contributed by atoms with Crippen molar-refractivity contribution in [2.75, 3.05) is 4.72 Å². The molecule has 2 heterocycles. The van der Waals surface area contributed by atoms with Crippen molar-refractivity contribution >= 4 is 15.7 Å². The fraction of sp³-hybridized carbons (Fsp3) is 0. The number of aromatic amines is 1. The lowest BCUT2D eigenvalue weighted by atomic mass is 10.4. The van der Waals surface area contributed by atoms with Gasteiger partial charge in [-0.05, 0) is 12.1 Å². The Bertz CT molecular complexity index is 521. The molecule has 6 nitrogen and oxygen atoms in total. The zero-order chi connectivity index (χ0) is 10.7. The van der Waals surface area contributed by atoms with Crippen LogP contribution in [0.15, 0.2) is 42.1 Å². The van der Waals surface area contributed by atoms with Crippen LogP contribution < -0.4 is 4.72 Å². The van der Waals surface area contributed by atoms with Gasteiger partial charge in [-0.2, -0.15) is 8.42 Å². The summed E-state index contributed by atoms with van der Waals surface area (Å²) in [6.45, 7) is 0. The second-order valence-electron chi connectivity index (χ2n) is 2.76. The van der Waals surface area contributed by atoms with Gasteiger partial charge in [-0.3, -0.25) is 9.71 Å². The summed E-state index contributed by atoms with van der Waals surface area (Å²) >= 11 is 0. The number of nitrogens with one attached hydrogen (secondary N) is 2. The molecule has 0 unspecified atom stereocenters. The van der Waals surface area contributed by atoms with Crippen molar-refractivity contribution in [1.29, 1.82) is 0 Å². The van der Waals surface area contributed by atoms with Crippen LogP contribution in [0.5, 0.6) is 0 Å². The Hall–Kier alpha value is -1.89. The summed E-state index contributed by atoms with van der Waals surface area (Å²) < 4.78 is 25.7. The zero-order valence-electron chi connectivity index (χ0n) is 7.58. The van der Waals surface area contributed by atoms with E-state index in [-0.39, 0.29) is 5.03 Å². The molecule has 7 heteroatoms. The number of imidazole rings is 1. The lowest BCUT2D eigenvalue weighted by Crippen LogP contribution is -2.13. The quantitative estimate of drug-likeness (QED) is 0.799.